The predicted molar refractivity (Wildman–Crippen MR) is 79.3 cm³/mol. The third-order valence-corrected chi connectivity index (χ3v) is 3.21. The number of aryl methyl sites for hydroxylation is 1. The molecule has 1 N–H and O–H groups in total. The number of pyridine rings is 1. The zero-order valence-electron chi connectivity index (χ0n) is 12.5. The van der Waals surface area contributed by atoms with Crippen LogP contribution in [0.5, 0.6) is 5.88 Å². The fourth-order valence-electron chi connectivity index (χ4n) is 2.14. The fraction of sp³-hybridized carbons (Fsp3) is 0.429. The van der Waals surface area contributed by atoms with Crippen LogP contribution in [-0.2, 0) is 6.42 Å². The Morgan fingerprint density at radius 3 is 2.91 bits per heavy atom. The van der Waals surface area contributed by atoms with Crippen molar-refractivity contribution in [2.45, 2.75) is 26.7 Å². The number of nitro groups is 1. The Balaban J connectivity index is 2.48. The molecule has 0 aromatic carbocycles. The fourth-order valence-corrected chi connectivity index (χ4v) is 2.14. The summed E-state index contributed by atoms with van der Waals surface area (Å²) in [6.07, 6.45) is 2.74. The van der Waals surface area contributed by atoms with Gasteiger partial charge in [-0.3, -0.25) is 15.1 Å². The molecule has 0 saturated carbocycles. The molecule has 0 spiro atoms. The highest BCUT2D eigenvalue weighted by atomic mass is 16.6. The maximum Gasteiger partial charge on any atom is 0.353 e. The van der Waals surface area contributed by atoms with E-state index in [9.17, 15) is 10.1 Å². The van der Waals surface area contributed by atoms with Crippen molar-refractivity contribution in [1.82, 2.24) is 14.8 Å². The van der Waals surface area contributed by atoms with Gasteiger partial charge in [0, 0.05) is 19.2 Å². The minimum atomic E-state index is -0.505. The van der Waals surface area contributed by atoms with E-state index in [0.29, 0.717) is 24.2 Å². The minimum Gasteiger partial charge on any atom is -0.472 e. The molecule has 0 radical (unpaired) electrons. The first kappa shape index (κ1) is 15.9. The molecular formula is C14H18N4O4. The molecular weight excluding hydrogens is 288 g/mol. The van der Waals surface area contributed by atoms with Crippen LogP contribution in [0, 0.1) is 17.0 Å². The molecule has 8 nitrogen and oxygen atoms in total. The van der Waals surface area contributed by atoms with Gasteiger partial charge in [-0.1, -0.05) is 6.92 Å². The van der Waals surface area contributed by atoms with Gasteiger partial charge in [0.1, 0.15) is 5.69 Å². The molecule has 0 amide bonds. The van der Waals surface area contributed by atoms with Gasteiger partial charge in [0.15, 0.2) is 0 Å². The van der Waals surface area contributed by atoms with Crippen LogP contribution < -0.4 is 4.74 Å². The van der Waals surface area contributed by atoms with Crippen LogP contribution in [0.3, 0.4) is 0 Å². The zero-order valence-corrected chi connectivity index (χ0v) is 12.5. The Morgan fingerprint density at radius 2 is 2.27 bits per heavy atom. The lowest BCUT2D eigenvalue weighted by atomic mass is 10.2. The number of ether oxygens (including phenoxy) is 1. The molecule has 8 heteroatoms. The monoisotopic (exact) mass is 306 g/mol. The van der Waals surface area contributed by atoms with Gasteiger partial charge in [0.05, 0.1) is 22.9 Å². The number of hydrogen-bond acceptors (Lipinski definition) is 6. The van der Waals surface area contributed by atoms with Crippen LogP contribution in [0.1, 0.15) is 24.7 Å². The molecule has 2 rings (SSSR count). The van der Waals surface area contributed by atoms with Gasteiger partial charge in [-0.25, -0.2) is 4.68 Å². The third kappa shape index (κ3) is 3.06. The SMILES string of the molecule is CCc1ncccc1-n1nc(OCCCO)c([N+](=O)[O-])c1C. The second-order valence-electron chi connectivity index (χ2n) is 4.66. The molecule has 2 heterocycles. The largest absolute Gasteiger partial charge is 0.472 e. The highest BCUT2D eigenvalue weighted by Gasteiger charge is 2.28. The molecule has 0 bridgehead atoms. The number of aromatic nitrogens is 3. The molecule has 2 aromatic heterocycles. The van der Waals surface area contributed by atoms with Crippen molar-refractivity contribution in [3.8, 4) is 11.6 Å². The van der Waals surface area contributed by atoms with Crippen molar-refractivity contribution >= 4 is 5.69 Å². The maximum atomic E-state index is 11.3. The zero-order chi connectivity index (χ0) is 16.1. The van der Waals surface area contributed by atoms with Crippen molar-refractivity contribution in [3.63, 3.8) is 0 Å². The van der Waals surface area contributed by atoms with Crippen LogP contribution >= 0.6 is 0 Å². The Labute approximate surface area is 127 Å². The van der Waals surface area contributed by atoms with Gasteiger partial charge in [-0.2, -0.15) is 0 Å². The summed E-state index contributed by atoms with van der Waals surface area (Å²) in [4.78, 5) is 15.0. The Bertz CT molecular complexity index is 669. The average Bonchev–Trinajstić information content (AvgIpc) is 2.84. The first-order chi connectivity index (χ1) is 10.6. The molecule has 2 aromatic rings. The van der Waals surface area contributed by atoms with E-state index in [4.69, 9.17) is 9.84 Å². The normalized spacial score (nSPS) is 10.7. The van der Waals surface area contributed by atoms with Gasteiger partial charge in [-0.05, 0) is 25.5 Å². The van der Waals surface area contributed by atoms with E-state index in [1.165, 1.54) is 4.68 Å². The molecule has 0 fully saturated rings. The summed E-state index contributed by atoms with van der Waals surface area (Å²) in [7, 11) is 0. The summed E-state index contributed by atoms with van der Waals surface area (Å²) >= 11 is 0. The highest BCUT2D eigenvalue weighted by Crippen LogP contribution is 2.32. The summed E-state index contributed by atoms with van der Waals surface area (Å²) in [6.45, 7) is 3.70. The highest BCUT2D eigenvalue weighted by molar-refractivity contribution is 5.50. The van der Waals surface area contributed by atoms with Crippen molar-refractivity contribution in [2.24, 2.45) is 0 Å². The minimum absolute atomic E-state index is 0.0399. The number of aliphatic hydroxyl groups excluding tert-OH is 1. The van der Waals surface area contributed by atoms with Crippen LogP contribution in [0.4, 0.5) is 5.69 Å². The summed E-state index contributed by atoms with van der Waals surface area (Å²) in [5.41, 5.74) is 1.71. The summed E-state index contributed by atoms with van der Waals surface area (Å²) in [6, 6.07) is 3.57. The summed E-state index contributed by atoms with van der Waals surface area (Å²) in [5, 5.41) is 24.3. The third-order valence-electron chi connectivity index (χ3n) is 3.21. The van der Waals surface area contributed by atoms with Crippen molar-refractivity contribution < 1.29 is 14.8 Å². The molecule has 118 valence electrons. The van der Waals surface area contributed by atoms with Crippen molar-refractivity contribution in [1.29, 1.82) is 0 Å². The standard InChI is InChI=1S/C14H18N4O4/c1-3-11-12(6-4-7-15-11)17-10(2)13(18(20)21)14(16-17)22-9-5-8-19/h4,6-7,19H,3,5,8-9H2,1-2H3. The Hall–Kier alpha value is -2.48. The van der Waals surface area contributed by atoms with E-state index < -0.39 is 4.92 Å². The van der Waals surface area contributed by atoms with E-state index in [2.05, 4.69) is 10.1 Å². The van der Waals surface area contributed by atoms with E-state index in [1.807, 2.05) is 13.0 Å². The average molecular weight is 306 g/mol. The molecule has 0 aliphatic heterocycles. The summed E-state index contributed by atoms with van der Waals surface area (Å²) in [5.74, 6) is -0.0399. The van der Waals surface area contributed by atoms with E-state index in [1.54, 1.807) is 19.2 Å². The van der Waals surface area contributed by atoms with Gasteiger partial charge in [-0.15, -0.1) is 5.10 Å². The van der Waals surface area contributed by atoms with Crippen molar-refractivity contribution in [3.05, 3.63) is 39.8 Å². The topological polar surface area (TPSA) is 103 Å². The van der Waals surface area contributed by atoms with Gasteiger partial charge in [0.25, 0.3) is 0 Å². The first-order valence-electron chi connectivity index (χ1n) is 7.02. The van der Waals surface area contributed by atoms with Crippen LogP contribution in [0.15, 0.2) is 18.3 Å². The second kappa shape index (κ2) is 6.99. The quantitative estimate of drug-likeness (QED) is 0.475. The van der Waals surface area contributed by atoms with Gasteiger partial charge in [0.2, 0.25) is 0 Å². The van der Waals surface area contributed by atoms with Crippen LogP contribution in [-0.4, -0.2) is 38.0 Å². The number of aliphatic hydroxyl groups is 1. The van der Waals surface area contributed by atoms with E-state index in [-0.39, 0.29) is 24.8 Å². The first-order valence-corrected chi connectivity index (χ1v) is 7.02. The van der Waals surface area contributed by atoms with Gasteiger partial charge < -0.3 is 9.84 Å². The molecule has 0 atom stereocenters. The number of nitrogens with zero attached hydrogens (tertiary/aromatic N) is 4. The molecule has 0 aliphatic carbocycles. The molecule has 22 heavy (non-hydrogen) atoms. The Kier molecular flexibility index (Phi) is 5.05. The smallest absolute Gasteiger partial charge is 0.353 e. The van der Waals surface area contributed by atoms with Crippen LogP contribution in [0.2, 0.25) is 0 Å². The maximum absolute atomic E-state index is 11.3. The lowest BCUT2D eigenvalue weighted by Crippen LogP contribution is -2.05. The summed E-state index contributed by atoms with van der Waals surface area (Å²) < 4.78 is 6.83. The lowest BCUT2D eigenvalue weighted by molar-refractivity contribution is -0.386. The number of rotatable bonds is 7. The molecule has 0 aliphatic rings. The lowest BCUT2D eigenvalue weighted by Gasteiger charge is -2.07. The predicted octanol–water partition coefficient (Wildman–Crippen LogP) is 1.81. The number of hydrogen-bond donors (Lipinski definition) is 1. The molecule has 0 unspecified atom stereocenters. The van der Waals surface area contributed by atoms with Crippen molar-refractivity contribution in [2.75, 3.05) is 13.2 Å². The van der Waals surface area contributed by atoms with E-state index in [0.717, 1.165) is 5.69 Å². The van der Waals surface area contributed by atoms with Crippen LogP contribution in [0.25, 0.3) is 5.69 Å². The second-order valence-corrected chi connectivity index (χ2v) is 4.66. The van der Waals surface area contributed by atoms with Gasteiger partial charge >= 0.3 is 11.6 Å². The molecule has 0 saturated heterocycles. The Morgan fingerprint density at radius 1 is 1.50 bits per heavy atom. The van der Waals surface area contributed by atoms with E-state index >= 15 is 0 Å².